The Bertz CT molecular complexity index is 489. The van der Waals surface area contributed by atoms with Crippen LogP contribution < -0.4 is 10.6 Å². The molecule has 4 heteroatoms. The summed E-state index contributed by atoms with van der Waals surface area (Å²) in [6.07, 6.45) is 4.03. The second kappa shape index (κ2) is 5.19. The minimum atomic E-state index is 0.648. The highest BCUT2D eigenvalue weighted by molar-refractivity contribution is 5.55. The first kappa shape index (κ1) is 11.9. The Kier molecular flexibility index (Phi) is 3.64. The van der Waals surface area contributed by atoms with E-state index in [2.05, 4.69) is 34.5 Å². The van der Waals surface area contributed by atoms with Crippen LogP contribution in [0.1, 0.15) is 19.0 Å². The Morgan fingerprint density at radius 2 is 2.24 bits per heavy atom. The quantitative estimate of drug-likeness (QED) is 0.853. The van der Waals surface area contributed by atoms with Crippen LogP contribution in [0.5, 0.6) is 0 Å². The van der Waals surface area contributed by atoms with E-state index in [9.17, 15) is 0 Å². The molecule has 0 aliphatic carbocycles. The number of rotatable bonds is 5. The Labute approximate surface area is 102 Å². The summed E-state index contributed by atoms with van der Waals surface area (Å²) in [5.41, 5.74) is 7.90. The molecule has 0 unspecified atom stereocenters. The van der Waals surface area contributed by atoms with Crippen LogP contribution in [0, 0.1) is 0 Å². The van der Waals surface area contributed by atoms with Gasteiger partial charge in [0.1, 0.15) is 5.65 Å². The Hall–Kier alpha value is -1.55. The van der Waals surface area contributed by atoms with E-state index in [-0.39, 0.29) is 0 Å². The highest BCUT2D eigenvalue weighted by Gasteiger charge is 2.13. The summed E-state index contributed by atoms with van der Waals surface area (Å²) in [6, 6.07) is 6.07. The van der Waals surface area contributed by atoms with Crippen molar-refractivity contribution in [2.45, 2.75) is 19.8 Å². The van der Waals surface area contributed by atoms with Gasteiger partial charge in [0.05, 0.1) is 5.69 Å². The Morgan fingerprint density at radius 3 is 2.94 bits per heavy atom. The van der Waals surface area contributed by atoms with Gasteiger partial charge >= 0.3 is 0 Å². The number of hydrogen-bond acceptors (Lipinski definition) is 3. The van der Waals surface area contributed by atoms with Crippen LogP contribution in [0.25, 0.3) is 5.65 Å². The van der Waals surface area contributed by atoms with Crippen molar-refractivity contribution in [1.82, 2.24) is 9.38 Å². The maximum atomic E-state index is 5.69. The molecular weight excluding hydrogens is 212 g/mol. The molecule has 0 amide bonds. The molecule has 0 atom stereocenters. The average Bonchev–Trinajstić information content (AvgIpc) is 2.70. The topological polar surface area (TPSA) is 46.6 Å². The van der Waals surface area contributed by atoms with Crippen LogP contribution >= 0.6 is 0 Å². The monoisotopic (exact) mass is 232 g/mol. The highest BCUT2D eigenvalue weighted by Crippen LogP contribution is 2.21. The number of anilines is 1. The highest BCUT2D eigenvalue weighted by atomic mass is 15.2. The summed E-state index contributed by atoms with van der Waals surface area (Å²) in [4.78, 5) is 6.89. The van der Waals surface area contributed by atoms with Crippen LogP contribution in [0.3, 0.4) is 0 Å². The van der Waals surface area contributed by atoms with E-state index in [1.165, 1.54) is 5.69 Å². The van der Waals surface area contributed by atoms with Gasteiger partial charge < -0.3 is 15.0 Å². The minimum Gasteiger partial charge on any atom is -0.358 e. The van der Waals surface area contributed by atoms with Crippen molar-refractivity contribution in [1.29, 1.82) is 0 Å². The first-order chi connectivity index (χ1) is 8.27. The molecule has 17 heavy (non-hydrogen) atoms. The molecule has 2 rings (SSSR count). The lowest BCUT2D eigenvalue weighted by atomic mass is 10.3. The van der Waals surface area contributed by atoms with Gasteiger partial charge in [-0.25, -0.2) is 4.98 Å². The molecule has 0 fully saturated rings. The number of imidazole rings is 1. The molecule has 2 heterocycles. The number of hydrogen-bond donors (Lipinski definition) is 1. The summed E-state index contributed by atoms with van der Waals surface area (Å²) in [5, 5.41) is 0. The molecule has 4 nitrogen and oxygen atoms in total. The zero-order chi connectivity index (χ0) is 12.3. The van der Waals surface area contributed by atoms with Crippen LogP contribution in [-0.4, -0.2) is 29.5 Å². The van der Waals surface area contributed by atoms with E-state index in [0.717, 1.165) is 30.9 Å². The fourth-order valence-electron chi connectivity index (χ4n) is 2.15. The van der Waals surface area contributed by atoms with Crippen LogP contribution in [0.2, 0.25) is 0 Å². The zero-order valence-corrected chi connectivity index (χ0v) is 10.6. The molecule has 92 valence electrons. The largest absolute Gasteiger partial charge is 0.358 e. The third-order valence-electron chi connectivity index (χ3n) is 2.91. The molecule has 0 spiro atoms. The summed E-state index contributed by atoms with van der Waals surface area (Å²) < 4.78 is 2.13. The van der Waals surface area contributed by atoms with Gasteiger partial charge in [0.15, 0.2) is 5.82 Å². The van der Waals surface area contributed by atoms with E-state index in [1.807, 2.05) is 18.2 Å². The van der Waals surface area contributed by atoms with E-state index in [4.69, 9.17) is 5.73 Å². The molecule has 0 aliphatic rings. The van der Waals surface area contributed by atoms with Gasteiger partial charge in [-0.3, -0.25) is 0 Å². The maximum absolute atomic E-state index is 5.69. The van der Waals surface area contributed by atoms with Crippen molar-refractivity contribution in [3.63, 3.8) is 0 Å². The first-order valence-corrected chi connectivity index (χ1v) is 6.15. The second-order valence-electron chi connectivity index (χ2n) is 4.27. The van der Waals surface area contributed by atoms with Crippen molar-refractivity contribution in [2.75, 3.05) is 25.0 Å². The van der Waals surface area contributed by atoms with Crippen molar-refractivity contribution in [2.24, 2.45) is 5.73 Å². The second-order valence-corrected chi connectivity index (χ2v) is 4.27. The third-order valence-corrected chi connectivity index (χ3v) is 2.91. The van der Waals surface area contributed by atoms with E-state index >= 15 is 0 Å². The number of aromatic nitrogens is 2. The van der Waals surface area contributed by atoms with E-state index < -0.39 is 0 Å². The molecule has 0 saturated carbocycles. The van der Waals surface area contributed by atoms with Gasteiger partial charge in [-0.05, 0) is 25.1 Å². The first-order valence-electron chi connectivity index (χ1n) is 6.15. The van der Waals surface area contributed by atoms with Crippen molar-refractivity contribution >= 4 is 11.5 Å². The van der Waals surface area contributed by atoms with Gasteiger partial charge in [0.25, 0.3) is 0 Å². The van der Waals surface area contributed by atoms with Crippen molar-refractivity contribution in [3.8, 4) is 0 Å². The molecule has 0 aromatic carbocycles. The summed E-state index contributed by atoms with van der Waals surface area (Å²) in [6.45, 7) is 3.84. The number of fused-ring (bicyclic) bond motifs is 1. The smallest absolute Gasteiger partial charge is 0.150 e. The normalized spacial score (nSPS) is 11.0. The number of nitrogens with two attached hydrogens (primary N) is 1. The van der Waals surface area contributed by atoms with Gasteiger partial charge in [-0.15, -0.1) is 0 Å². The predicted molar refractivity (Wildman–Crippen MR) is 71.5 cm³/mol. The Balaban J connectivity index is 2.49. The van der Waals surface area contributed by atoms with E-state index in [0.29, 0.717) is 6.54 Å². The molecule has 0 radical (unpaired) electrons. The molecule has 2 aromatic rings. The lowest BCUT2D eigenvalue weighted by Crippen LogP contribution is -2.20. The van der Waals surface area contributed by atoms with Gasteiger partial charge in [0, 0.05) is 26.2 Å². The fourth-order valence-corrected chi connectivity index (χ4v) is 2.15. The minimum absolute atomic E-state index is 0.648. The molecule has 0 bridgehead atoms. The lowest BCUT2D eigenvalue weighted by Gasteiger charge is -2.17. The third kappa shape index (κ3) is 2.26. The molecule has 0 saturated heterocycles. The molecular formula is C13H20N4. The molecule has 2 N–H and O–H groups in total. The summed E-state index contributed by atoms with van der Waals surface area (Å²) in [5.74, 6) is 1.06. The van der Waals surface area contributed by atoms with Crippen molar-refractivity contribution < 1.29 is 0 Å². The predicted octanol–water partition coefficient (Wildman–Crippen LogP) is 1.68. The van der Waals surface area contributed by atoms with Crippen LogP contribution in [-0.2, 0) is 6.42 Å². The standard InChI is InChI=1S/C13H20N4/c1-3-9-16(2)13-11(7-8-14)17-10-5-4-6-12(17)15-13/h4-6,10H,3,7-9,14H2,1-2H3. The SMILES string of the molecule is CCCN(C)c1nc2ccccn2c1CCN. The number of pyridine rings is 1. The maximum Gasteiger partial charge on any atom is 0.150 e. The van der Waals surface area contributed by atoms with Crippen LogP contribution in [0.15, 0.2) is 24.4 Å². The van der Waals surface area contributed by atoms with Gasteiger partial charge in [-0.1, -0.05) is 13.0 Å². The fraction of sp³-hybridized carbons (Fsp3) is 0.462. The zero-order valence-electron chi connectivity index (χ0n) is 10.6. The average molecular weight is 232 g/mol. The Morgan fingerprint density at radius 1 is 1.41 bits per heavy atom. The summed E-state index contributed by atoms with van der Waals surface area (Å²) >= 11 is 0. The molecule has 0 aliphatic heterocycles. The van der Waals surface area contributed by atoms with Gasteiger partial charge in [0.2, 0.25) is 0 Å². The summed E-state index contributed by atoms with van der Waals surface area (Å²) in [7, 11) is 2.09. The van der Waals surface area contributed by atoms with Gasteiger partial charge in [-0.2, -0.15) is 0 Å². The van der Waals surface area contributed by atoms with Crippen LogP contribution in [0.4, 0.5) is 5.82 Å². The lowest BCUT2D eigenvalue weighted by molar-refractivity contribution is 0.822. The van der Waals surface area contributed by atoms with Crippen molar-refractivity contribution in [3.05, 3.63) is 30.1 Å². The van der Waals surface area contributed by atoms with E-state index in [1.54, 1.807) is 0 Å². The number of nitrogens with zero attached hydrogens (tertiary/aromatic N) is 3. The molecule has 2 aromatic heterocycles.